The molecular weight excluding hydrogens is 570 g/mol. The van der Waals surface area contributed by atoms with Gasteiger partial charge in [-0.1, -0.05) is 90.2 Å². The van der Waals surface area contributed by atoms with Gasteiger partial charge in [-0.25, -0.2) is 4.99 Å². The molecule has 1 aromatic heterocycles. The number of carbonyl (C=O) groups is 1. The van der Waals surface area contributed by atoms with Gasteiger partial charge < -0.3 is 14.8 Å². The Balaban J connectivity index is 1.43. The number of carbonyl (C=O) groups excluding carboxylic acids is 1. The number of rotatable bonds is 9. The first kappa shape index (κ1) is 28.9. The Labute approximate surface area is 259 Å². The van der Waals surface area contributed by atoms with E-state index in [1.807, 2.05) is 129 Å². The van der Waals surface area contributed by atoms with Gasteiger partial charge in [-0.15, -0.1) is 0 Å². The molecule has 7 nitrogen and oxygen atoms in total. The number of para-hydroxylation sites is 2. The predicted octanol–water partition coefficient (Wildman–Crippen LogP) is 5.85. The molecule has 8 heteroatoms. The number of hydrogen-bond acceptors (Lipinski definition) is 6. The highest BCUT2D eigenvalue weighted by Gasteiger charge is 2.32. The number of fused-ring (bicyclic) bond motifs is 1. The fourth-order valence-corrected chi connectivity index (χ4v) is 6.21. The molecule has 0 saturated heterocycles. The van der Waals surface area contributed by atoms with Crippen molar-refractivity contribution >= 4 is 29.0 Å². The maximum Gasteiger partial charge on any atom is 0.271 e. The van der Waals surface area contributed by atoms with Crippen LogP contribution in [0.1, 0.15) is 36.6 Å². The number of hydrogen-bond donors (Lipinski definition) is 1. The lowest BCUT2D eigenvalue weighted by Crippen LogP contribution is -2.40. The van der Waals surface area contributed by atoms with Crippen LogP contribution in [0, 0.1) is 0 Å². The van der Waals surface area contributed by atoms with Gasteiger partial charge in [0.25, 0.3) is 11.5 Å². The molecule has 5 aromatic rings. The topological polar surface area (TPSA) is 81.9 Å². The third kappa shape index (κ3) is 6.11. The Kier molecular flexibility index (Phi) is 8.52. The van der Waals surface area contributed by atoms with E-state index in [1.165, 1.54) is 11.3 Å². The molecule has 0 aliphatic carbocycles. The molecule has 1 aliphatic rings. The van der Waals surface area contributed by atoms with Crippen LogP contribution in [0.4, 0.5) is 5.69 Å². The molecule has 6 rings (SSSR count). The summed E-state index contributed by atoms with van der Waals surface area (Å²) in [6, 6.07) is 33.7. The number of nitrogens with one attached hydrogen (secondary N) is 1. The summed E-state index contributed by atoms with van der Waals surface area (Å²) in [6.07, 6.45) is 1.84. The quantitative estimate of drug-likeness (QED) is 0.230. The van der Waals surface area contributed by atoms with Gasteiger partial charge in [0, 0.05) is 11.3 Å². The maximum absolute atomic E-state index is 14.2. The minimum absolute atomic E-state index is 0.233. The number of nitrogens with zero attached hydrogens (tertiary/aromatic N) is 2. The van der Waals surface area contributed by atoms with Crippen molar-refractivity contribution in [3.05, 3.63) is 157 Å². The first-order valence-electron chi connectivity index (χ1n) is 14.4. The summed E-state index contributed by atoms with van der Waals surface area (Å²) in [5.41, 5.74) is 3.99. The van der Waals surface area contributed by atoms with Gasteiger partial charge in [0.2, 0.25) is 0 Å². The molecule has 44 heavy (non-hydrogen) atoms. The van der Waals surface area contributed by atoms with E-state index in [0.717, 1.165) is 16.7 Å². The molecule has 0 spiro atoms. The number of benzene rings is 4. The van der Waals surface area contributed by atoms with Crippen molar-refractivity contribution in [3.8, 4) is 11.5 Å². The lowest BCUT2D eigenvalue weighted by atomic mass is 9.95. The molecule has 1 amide bonds. The van der Waals surface area contributed by atoms with Crippen LogP contribution in [-0.4, -0.2) is 17.1 Å². The van der Waals surface area contributed by atoms with Crippen LogP contribution in [0.3, 0.4) is 0 Å². The van der Waals surface area contributed by atoms with E-state index in [2.05, 4.69) is 5.32 Å². The number of aromatic nitrogens is 1. The number of amides is 1. The third-order valence-corrected chi connectivity index (χ3v) is 8.23. The van der Waals surface area contributed by atoms with Gasteiger partial charge in [0.1, 0.15) is 18.1 Å². The molecule has 0 bridgehead atoms. The zero-order chi connectivity index (χ0) is 30.5. The second-order valence-electron chi connectivity index (χ2n) is 10.2. The van der Waals surface area contributed by atoms with Gasteiger partial charge in [0.05, 0.1) is 28.5 Å². The smallest absolute Gasteiger partial charge is 0.271 e. The average molecular weight is 602 g/mol. The molecule has 2 heterocycles. The summed E-state index contributed by atoms with van der Waals surface area (Å²) < 4.78 is 13.9. The van der Waals surface area contributed by atoms with E-state index in [4.69, 9.17) is 14.5 Å². The SMILES string of the molecule is CCOc1ccc([C@H]2C(C(=O)Nc3ccccc3)=C(C)N=c3s/c(=C/c4ccccc4OCc4ccccc4)c(=O)n32)cc1. The molecule has 1 aliphatic heterocycles. The molecule has 1 atom stereocenters. The molecule has 1 N–H and O–H groups in total. The van der Waals surface area contributed by atoms with Crippen molar-refractivity contribution in [1.82, 2.24) is 4.57 Å². The minimum Gasteiger partial charge on any atom is -0.494 e. The molecule has 4 aromatic carbocycles. The van der Waals surface area contributed by atoms with Crippen LogP contribution in [0.25, 0.3) is 6.08 Å². The summed E-state index contributed by atoms with van der Waals surface area (Å²) in [5, 5.41) is 2.99. The molecule has 0 radical (unpaired) electrons. The zero-order valence-electron chi connectivity index (χ0n) is 24.4. The van der Waals surface area contributed by atoms with Crippen LogP contribution in [-0.2, 0) is 11.4 Å². The van der Waals surface area contributed by atoms with Crippen LogP contribution in [0.5, 0.6) is 11.5 Å². The van der Waals surface area contributed by atoms with E-state index in [1.54, 1.807) is 4.57 Å². The number of anilines is 1. The lowest BCUT2D eigenvalue weighted by Gasteiger charge is -2.25. The standard InChI is InChI=1S/C36H31N3O4S/c1-3-42-29-20-18-26(19-21-29)33-32(34(40)38-28-15-8-5-9-16-28)24(2)37-36-39(33)35(41)31(44-36)22-27-14-10-11-17-30(27)43-23-25-12-6-4-7-13-25/h4-22,33H,3,23H2,1-2H3,(H,38,40)/b31-22+/t33-/m0/s1. The van der Waals surface area contributed by atoms with Crippen molar-refractivity contribution in [2.24, 2.45) is 4.99 Å². The second-order valence-corrected chi connectivity index (χ2v) is 11.2. The molecule has 220 valence electrons. The second kappa shape index (κ2) is 13.0. The van der Waals surface area contributed by atoms with Crippen LogP contribution in [0.15, 0.2) is 130 Å². The van der Waals surface area contributed by atoms with Crippen LogP contribution in [0.2, 0.25) is 0 Å². The van der Waals surface area contributed by atoms with Gasteiger partial charge in [-0.05, 0) is 61.4 Å². The summed E-state index contributed by atoms with van der Waals surface area (Å²) in [7, 11) is 0. The van der Waals surface area contributed by atoms with Crippen molar-refractivity contribution < 1.29 is 14.3 Å². The zero-order valence-corrected chi connectivity index (χ0v) is 25.2. The Morgan fingerprint density at radius 3 is 2.32 bits per heavy atom. The summed E-state index contributed by atoms with van der Waals surface area (Å²) >= 11 is 1.29. The van der Waals surface area contributed by atoms with Crippen molar-refractivity contribution in [1.29, 1.82) is 0 Å². The Hall–Kier alpha value is -5.21. The molecule has 0 saturated carbocycles. The normalized spacial score (nSPS) is 14.5. The first-order chi connectivity index (χ1) is 21.5. The van der Waals surface area contributed by atoms with E-state index in [-0.39, 0.29) is 11.5 Å². The largest absolute Gasteiger partial charge is 0.494 e. The number of ether oxygens (including phenoxy) is 2. The van der Waals surface area contributed by atoms with E-state index in [9.17, 15) is 9.59 Å². The fourth-order valence-electron chi connectivity index (χ4n) is 5.17. The molecule has 0 unspecified atom stereocenters. The Morgan fingerprint density at radius 2 is 1.59 bits per heavy atom. The van der Waals surface area contributed by atoms with Crippen molar-refractivity contribution in [2.45, 2.75) is 26.5 Å². The van der Waals surface area contributed by atoms with Gasteiger partial charge in [-0.3, -0.25) is 14.2 Å². The molecule has 0 fully saturated rings. The van der Waals surface area contributed by atoms with E-state index < -0.39 is 6.04 Å². The minimum atomic E-state index is -0.683. The van der Waals surface area contributed by atoms with Crippen molar-refractivity contribution in [2.75, 3.05) is 11.9 Å². The fraction of sp³-hybridized carbons (Fsp3) is 0.139. The number of allylic oxidation sites excluding steroid dienone is 1. The highest BCUT2D eigenvalue weighted by Crippen LogP contribution is 2.32. The highest BCUT2D eigenvalue weighted by atomic mass is 32.1. The average Bonchev–Trinajstić information content (AvgIpc) is 3.35. The van der Waals surface area contributed by atoms with E-state index in [0.29, 0.717) is 51.0 Å². The highest BCUT2D eigenvalue weighted by molar-refractivity contribution is 7.07. The van der Waals surface area contributed by atoms with Crippen molar-refractivity contribution in [3.63, 3.8) is 0 Å². The van der Waals surface area contributed by atoms with Gasteiger partial charge in [0.15, 0.2) is 4.80 Å². The van der Waals surface area contributed by atoms with Gasteiger partial charge >= 0.3 is 0 Å². The third-order valence-electron chi connectivity index (χ3n) is 7.25. The predicted molar refractivity (Wildman–Crippen MR) is 174 cm³/mol. The maximum atomic E-state index is 14.2. The molecular formula is C36H31N3O4S. The monoisotopic (exact) mass is 601 g/mol. The summed E-state index contributed by atoms with van der Waals surface area (Å²) in [5.74, 6) is 1.07. The van der Waals surface area contributed by atoms with Crippen LogP contribution < -0.4 is 29.7 Å². The lowest BCUT2D eigenvalue weighted by molar-refractivity contribution is -0.113. The van der Waals surface area contributed by atoms with E-state index >= 15 is 0 Å². The van der Waals surface area contributed by atoms with Crippen LogP contribution >= 0.6 is 11.3 Å². The Morgan fingerprint density at radius 1 is 0.909 bits per heavy atom. The summed E-state index contributed by atoms with van der Waals surface area (Å²) in [4.78, 5) is 33.2. The van der Waals surface area contributed by atoms with Gasteiger partial charge in [-0.2, -0.15) is 0 Å². The number of thiazole rings is 1. The summed E-state index contributed by atoms with van der Waals surface area (Å²) in [6.45, 7) is 4.68. The Bertz CT molecular complexity index is 2000. The first-order valence-corrected chi connectivity index (χ1v) is 15.2.